The molecule has 8 heteroatoms. The van der Waals surface area contributed by atoms with Gasteiger partial charge in [-0.15, -0.1) is 0 Å². The lowest BCUT2D eigenvalue weighted by Crippen LogP contribution is -2.48. The molecule has 0 spiro atoms. The van der Waals surface area contributed by atoms with Crippen LogP contribution in [0.1, 0.15) is 53.9 Å². The molecule has 1 amide bonds. The second-order valence-corrected chi connectivity index (χ2v) is 9.95. The highest BCUT2D eigenvalue weighted by atomic mass is 32.2. The standard InChI is InChI=1S/C21H27N3O4S/c1-4-29(27,28)16-6-8-19(23-11-16)18(12-25)21(13(2)3)17-7-5-14(20(22)26)9-15(17)10-24-21/h5-9,11,13,18,24-25H,4,10,12H2,1-3H3,(H2,22,26)/t18-,21?/m0/s1. The molecule has 0 aliphatic carbocycles. The van der Waals surface area contributed by atoms with E-state index in [1.54, 1.807) is 31.2 Å². The maximum Gasteiger partial charge on any atom is 0.248 e. The molecule has 0 bridgehead atoms. The number of aromatic nitrogens is 1. The number of sulfone groups is 1. The van der Waals surface area contributed by atoms with Crippen molar-refractivity contribution in [3.63, 3.8) is 0 Å². The molecule has 2 heterocycles. The Hall–Kier alpha value is -2.29. The number of pyridine rings is 1. The summed E-state index contributed by atoms with van der Waals surface area (Å²) in [6.45, 7) is 6.07. The number of primary amides is 1. The lowest BCUT2D eigenvalue weighted by molar-refractivity contribution is 0.1000. The van der Waals surface area contributed by atoms with Crippen molar-refractivity contribution in [2.24, 2.45) is 11.7 Å². The van der Waals surface area contributed by atoms with E-state index in [9.17, 15) is 18.3 Å². The summed E-state index contributed by atoms with van der Waals surface area (Å²) < 4.78 is 24.2. The average molecular weight is 418 g/mol. The normalized spacial score (nSPS) is 19.9. The van der Waals surface area contributed by atoms with Crippen LogP contribution in [0.4, 0.5) is 0 Å². The topological polar surface area (TPSA) is 122 Å². The lowest BCUT2D eigenvalue weighted by atomic mass is 9.70. The number of amides is 1. The minimum atomic E-state index is -3.34. The molecule has 1 aromatic carbocycles. The summed E-state index contributed by atoms with van der Waals surface area (Å²) in [6, 6.07) is 8.58. The van der Waals surface area contributed by atoms with Gasteiger partial charge in [-0.25, -0.2) is 8.42 Å². The van der Waals surface area contributed by atoms with Crippen LogP contribution in [-0.2, 0) is 21.9 Å². The molecule has 0 saturated heterocycles. The molecule has 7 nitrogen and oxygen atoms in total. The largest absolute Gasteiger partial charge is 0.396 e. The van der Waals surface area contributed by atoms with Gasteiger partial charge in [0.25, 0.3) is 0 Å². The zero-order chi connectivity index (χ0) is 21.4. The molecular formula is C21H27N3O4S. The average Bonchev–Trinajstić information content (AvgIpc) is 3.09. The number of hydrogen-bond donors (Lipinski definition) is 3. The number of fused-ring (bicyclic) bond motifs is 1. The molecule has 2 atom stereocenters. The zero-order valence-corrected chi connectivity index (χ0v) is 17.7. The Morgan fingerprint density at radius 1 is 1.31 bits per heavy atom. The molecule has 1 aliphatic heterocycles. The van der Waals surface area contributed by atoms with Crippen LogP contribution in [0.5, 0.6) is 0 Å². The lowest BCUT2D eigenvalue weighted by Gasteiger charge is -2.41. The SMILES string of the molecule is CCS(=O)(=O)c1ccc([C@H](CO)C2(C(C)C)NCc3cc(C(N)=O)ccc32)nc1. The number of benzene rings is 1. The first kappa shape index (κ1) is 21.4. The Morgan fingerprint density at radius 2 is 2.03 bits per heavy atom. The van der Waals surface area contributed by atoms with Crippen LogP contribution < -0.4 is 11.1 Å². The van der Waals surface area contributed by atoms with Gasteiger partial charge < -0.3 is 16.2 Å². The number of nitrogens with zero attached hydrogens (tertiary/aromatic N) is 1. The third-order valence-corrected chi connectivity index (χ3v) is 7.62. The molecule has 1 aromatic heterocycles. The van der Waals surface area contributed by atoms with E-state index in [4.69, 9.17) is 5.73 Å². The van der Waals surface area contributed by atoms with E-state index >= 15 is 0 Å². The molecule has 4 N–H and O–H groups in total. The Balaban J connectivity index is 2.09. The number of rotatable bonds is 7. The second-order valence-electron chi connectivity index (χ2n) is 7.67. The van der Waals surface area contributed by atoms with Crippen molar-refractivity contribution < 1.29 is 18.3 Å². The molecule has 0 saturated carbocycles. The van der Waals surface area contributed by atoms with Gasteiger partial charge in [0.2, 0.25) is 5.91 Å². The molecule has 1 unspecified atom stereocenters. The molecule has 3 rings (SSSR count). The first-order chi connectivity index (χ1) is 13.7. The zero-order valence-electron chi connectivity index (χ0n) is 16.8. The van der Waals surface area contributed by atoms with Gasteiger partial charge in [0.05, 0.1) is 22.8 Å². The summed E-state index contributed by atoms with van der Waals surface area (Å²) in [5.41, 5.74) is 7.80. The van der Waals surface area contributed by atoms with Gasteiger partial charge in [0.1, 0.15) is 0 Å². The van der Waals surface area contributed by atoms with Crippen molar-refractivity contribution in [2.75, 3.05) is 12.4 Å². The minimum absolute atomic E-state index is 0.00448. The van der Waals surface area contributed by atoms with Crippen LogP contribution >= 0.6 is 0 Å². The van der Waals surface area contributed by atoms with Crippen molar-refractivity contribution in [1.82, 2.24) is 10.3 Å². The van der Waals surface area contributed by atoms with Crippen molar-refractivity contribution in [3.8, 4) is 0 Å². The fraction of sp³-hybridized carbons (Fsp3) is 0.429. The van der Waals surface area contributed by atoms with Gasteiger partial charge >= 0.3 is 0 Å². The summed E-state index contributed by atoms with van der Waals surface area (Å²) in [5.74, 6) is -0.796. The minimum Gasteiger partial charge on any atom is -0.396 e. The summed E-state index contributed by atoms with van der Waals surface area (Å²) in [6.07, 6.45) is 1.36. The summed E-state index contributed by atoms with van der Waals surface area (Å²) in [4.78, 5) is 16.1. The molecule has 0 radical (unpaired) electrons. The Kier molecular flexibility index (Phi) is 5.80. The molecule has 1 aliphatic rings. The molecule has 0 fully saturated rings. The van der Waals surface area contributed by atoms with E-state index < -0.39 is 27.2 Å². The highest BCUT2D eigenvalue weighted by Crippen LogP contribution is 2.47. The van der Waals surface area contributed by atoms with Crippen LogP contribution in [-0.4, -0.2) is 36.8 Å². The maximum absolute atomic E-state index is 12.1. The van der Waals surface area contributed by atoms with Crippen molar-refractivity contribution in [2.45, 2.75) is 43.7 Å². The molecular weight excluding hydrogens is 390 g/mol. The van der Waals surface area contributed by atoms with Crippen LogP contribution in [0, 0.1) is 5.92 Å². The summed E-state index contributed by atoms with van der Waals surface area (Å²) in [5, 5.41) is 13.9. The monoisotopic (exact) mass is 417 g/mol. The van der Waals surface area contributed by atoms with Gasteiger partial charge in [-0.1, -0.05) is 26.8 Å². The molecule has 29 heavy (non-hydrogen) atoms. The Bertz CT molecular complexity index is 1020. The summed E-state index contributed by atoms with van der Waals surface area (Å²) in [7, 11) is -3.34. The number of aliphatic hydroxyl groups excluding tert-OH is 1. The van der Waals surface area contributed by atoms with E-state index in [0.29, 0.717) is 17.8 Å². The van der Waals surface area contributed by atoms with Crippen LogP contribution in [0.25, 0.3) is 0 Å². The smallest absolute Gasteiger partial charge is 0.248 e. The van der Waals surface area contributed by atoms with Crippen LogP contribution in [0.3, 0.4) is 0 Å². The number of hydrogen-bond acceptors (Lipinski definition) is 6. The third kappa shape index (κ3) is 3.56. The van der Waals surface area contributed by atoms with Gasteiger partial charge in [0.15, 0.2) is 9.84 Å². The first-order valence-corrected chi connectivity index (χ1v) is 11.3. The van der Waals surface area contributed by atoms with Gasteiger partial charge in [-0.3, -0.25) is 9.78 Å². The third-order valence-electron chi connectivity index (χ3n) is 5.91. The summed E-state index contributed by atoms with van der Waals surface area (Å²) >= 11 is 0. The van der Waals surface area contributed by atoms with Crippen LogP contribution in [0.2, 0.25) is 0 Å². The highest BCUT2D eigenvalue weighted by Gasteiger charge is 2.48. The number of aliphatic hydroxyl groups is 1. The number of nitrogens with one attached hydrogen (secondary N) is 1. The fourth-order valence-corrected chi connectivity index (χ4v) is 5.10. The van der Waals surface area contributed by atoms with Crippen molar-refractivity contribution in [1.29, 1.82) is 0 Å². The number of carbonyl (C=O) groups excluding carboxylic acids is 1. The first-order valence-electron chi connectivity index (χ1n) is 9.65. The van der Waals surface area contributed by atoms with E-state index in [1.165, 1.54) is 6.20 Å². The predicted octanol–water partition coefficient (Wildman–Crippen LogP) is 1.70. The van der Waals surface area contributed by atoms with Crippen molar-refractivity contribution in [3.05, 3.63) is 58.9 Å². The second kappa shape index (κ2) is 7.85. The van der Waals surface area contributed by atoms with Crippen molar-refractivity contribution >= 4 is 15.7 Å². The van der Waals surface area contributed by atoms with Gasteiger partial charge in [-0.05, 0) is 41.3 Å². The predicted molar refractivity (Wildman–Crippen MR) is 110 cm³/mol. The quantitative estimate of drug-likeness (QED) is 0.630. The Morgan fingerprint density at radius 3 is 2.55 bits per heavy atom. The maximum atomic E-state index is 12.1. The van der Waals surface area contributed by atoms with E-state index in [1.807, 2.05) is 6.07 Å². The number of nitrogens with two attached hydrogens (primary N) is 1. The van der Waals surface area contributed by atoms with E-state index in [2.05, 4.69) is 24.1 Å². The van der Waals surface area contributed by atoms with Crippen LogP contribution in [0.15, 0.2) is 41.4 Å². The van der Waals surface area contributed by atoms with E-state index in [-0.39, 0.29) is 23.2 Å². The van der Waals surface area contributed by atoms with E-state index in [0.717, 1.165) is 11.1 Å². The van der Waals surface area contributed by atoms with Gasteiger partial charge in [-0.2, -0.15) is 0 Å². The van der Waals surface area contributed by atoms with Gasteiger partial charge in [0, 0.05) is 29.9 Å². The molecule has 156 valence electrons. The molecule has 2 aromatic rings. The fourth-order valence-electron chi connectivity index (χ4n) is 4.28. The Labute approximate surface area is 171 Å². The number of carbonyl (C=O) groups is 1. The highest BCUT2D eigenvalue weighted by molar-refractivity contribution is 7.91.